The van der Waals surface area contributed by atoms with Crippen molar-refractivity contribution in [2.45, 2.75) is 20.5 Å². The van der Waals surface area contributed by atoms with E-state index in [2.05, 4.69) is 5.10 Å². The zero-order chi connectivity index (χ0) is 14.0. The fourth-order valence-electron chi connectivity index (χ4n) is 1.79. The zero-order valence-corrected chi connectivity index (χ0v) is 11.3. The Hall–Kier alpha value is -2.30. The molecule has 0 unspecified atom stereocenters. The second-order valence-corrected chi connectivity index (χ2v) is 4.55. The van der Waals surface area contributed by atoms with Crippen LogP contribution in [0, 0.1) is 13.8 Å². The van der Waals surface area contributed by atoms with Gasteiger partial charge in [0.15, 0.2) is 0 Å². The highest BCUT2D eigenvalue weighted by Crippen LogP contribution is 2.14. The highest BCUT2D eigenvalue weighted by atomic mass is 16.5. The maximum atomic E-state index is 11.9. The second-order valence-electron chi connectivity index (χ2n) is 4.55. The third-order valence-electron chi connectivity index (χ3n) is 2.96. The number of aromatic nitrogens is 2. The predicted molar refractivity (Wildman–Crippen MR) is 72.7 cm³/mol. The lowest BCUT2D eigenvalue weighted by atomic mass is 10.1. The minimum Gasteiger partial charge on any atom is -0.456 e. The number of nitrogen functional groups attached to an aromatic ring is 1. The summed E-state index contributed by atoms with van der Waals surface area (Å²) in [6, 6.07) is 7.03. The normalized spacial score (nSPS) is 10.5. The van der Waals surface area contributed by atoms with Crippen LogP contribution in [0.1, 0.15) is 27.3 Å². The van der Waals surface area contributed by atoms with Crippen LogP contribution in [0.3, 0.4) is 0 Å². The van der Waals surface area contributed by atoms with Crippen molar-refractivity contribution in [3.63, 3.8) is 0 Å². The van der Waals surface area contributed by atoms with Crippen LogP contribution >= 0.6 is 0 Å². The molecule has 0 bridgehead atoms. The molecular weight excluding hydrogens is 242 g/mol. The van der Waals surface area contributed by atoms with Crippen molar-refractivity contribution < 1.29 is 9.53 Å². The van der Waals surface area contributed by atoms with Crippen LogP contribution in [0.4, 0.5) is 5.69 Å². The summed E-state index contributed by atoms with van der Waals surface area (Å²) in [5.41, 5.74) is 9.51. The average Bonchev–Trinajstić information content (AvgIpc) is 2.68. The molecule has 0 aliphatic rings. The highest BCUT2D eigenvalue weighted by molar-refractivity contribution is 5.90. The average molecular weight is 259 g/mol. The molecule has 0 radical (unpaired) electrons. The van der Waals surface area contributed by atoms with Crippen molar-refractivity contribution >= 4 is 11.7 Å². The van der Waals surface area contributed by atoms with Crippen molar-refractivity contribution in [3.8, 4) is 0 Å². The molecule has 1 aromatic heterocycles. The van der Waals surface area contributed by atoms with Crippen molar-refractivity contribution in [3.05, 3.63) is 46.8 Å². The summed E-state index contributed by atoms with van der Waals surface area (Å²) in [5.74, 6) is -0.384. The molecule has 0 atom stereocenters. The van der Waals surface area contributed by atoms with E-state index in [0.29, 0.717) is 11.3 Å². The van der Waals surface area contributed by atoms with Gasteiger partial charge in [0.05, 0.1) is 17.0 Å². The van der Waals surface area contributed by atoms with E-state index in [1.54, 1.807) is 22.9 Å². The summed E-state index contributed by atoms with van der Waals surface area (Å²) in [6.07, 6.45) is 0. The Balaban J connectivity index is 2.05. The molecule has 0 aliphatic heterocycles. The van der Waals surface area contributed by atoms with Gasteiger partial charge in [-0.25, -0.2) is 4.79 Å². The van der Waals surface area contributed by atoms with E-state index in [1.807, 2.05) is 27.0 Å². The SMILES string of the molecule is Cc1cc(COC(=O)c2ccc(C)c(N)c2)n(C)n1. The molecule has 5 nitrogen and oxygen atoms in total. The Bertz CT molecular complexity index is 617. The largest absolute Gasteiger partial charge is 0.456 e. The minimum atomic E-state index is -0.384. The third kappa shape index (κ3) is 2.93. The number of nitrogens with zero attached hydrogens (tertiary/aromatic N) is 2. The van der Waals surface area contributed by atoms with Gasteiger partial charge < -0.3 is 10.5 Å². The summed E-state index contributed by atoms with van der Waals surface area (Å²) in [4.78, 5) is 11.9. The van der Waals surface area contributed by atoms with E-state index in [4.69, 9.17) is 10.5 Å². The number of benzene rings is 1. The fourth-order valence-corrected chi connectivity index (χ4v) is 1.79. The number of hydrogen-bond donors (Lipinski definition) is 1. The first-order chi connectivity index (χ1) is 8.97. The van der Waals surface area contributed by atoms with Gasteiger partial charge in [0.1, 0.15) is 6.61 Å². The van der Waals surface area contributed by atoms with Crippen molar-refractivity contribution in [2.24, 2.45) is 7.05 Å². The van der Waals surface area contributed by atoms with Crippen LogP contribution in [0.25, 0.3) is 0 Å². The molecule has 19 heavy (non-hydrogen) atoms. The monoisotopic (exact) mass is 259 g/mol. The molecule has 2 rings (SSSR count). The summed E-state index contributed by atoms with van der Waals surface area (Å²) in [5, 5.41) is 4.19. The van der Waals surface area contributed by atoms with E-state index < -0.39 is 0 Å². The number of anilines is 1. The first kappa shape index (κ1) is 13.1. The van der Waals surface area contributed by atoms with Crippen LogP contribution in [0.2, 0.25) is 0 Å². The van der Waals surface area contributed by atoms with Crippen molar-refractivity contribution in [1.82, 2.24) is 9.78 Å². The van der Waals surface area contributed by atoms with Gasteiger partial charge >= 0.3 is 5.97 Å². The smallest absolute Gasteiger partial charge is 0.338 e. The van der Waals surface area contributed by atoms with E-state index in [-0.39, 0.29) is 12.6 Å². The Labute approximate surface area is 112 Å². The van der Waals surface area contributed by atoms with Gasteiger partial charge in [0.25, 0.3) is 0 Å². The molecule has 1 aromatic carbocycles. The molecular formula is C14H17N3O2. The Morgan fingerprint density at radius 1 is 1.37 bits per heavy atom. The number of nitrogens with two attached hydrogens (primary N) is 1. The Morgan fingerprint density at radius 3 is 2.68 bits per heavy atom. The van der Waals surface area contributed by atoms with Gasteiger partial charge in [-0.15, -0.1) is 0 Å². The van der Waals surface area contributed by atoms with Gasteiger partial charge in [0, 0.05) is 12.7 Å². The van der Waals surface area contributed by atoms with Crippen LogP contribution in [0.15, 0.2) is 24.3 Å². The second kappa shape index (κ2) is 5.14. The number of ether oxygens (including phenoxy) is 1. The van der Waals surface area contributed by atoms with Crippen LogP contribution in [0.5, 0.6) is 0 Å². The summed E-state index contributed by atoms with van der Waals surface area (Å²) in [7, 11) is 1.82. The molecule has 1 heterocycles. The zero-order valence-electron chi connectivity index (χ0n) is 11.3. The molecule has 2 aromatic rings. The number of aryl methyl sites for hydroxylation is 3. The van der Waals surface area contributed by atoms with Crippen LogP contribution in [-0.2, 0) is 18.4 Å². The lowest BCUT2D eigenvalue weighted by Crippen LogP contribution is -2.08. The quantitative estimate of drug-likeness (QED) is 0.676. The topological polar surface area (TPSA) is 70.1 Å². The van der Waals surface area contributed by atoms with Gasteiger partial charge in [-0.3, -0.25) is 4.68 Å². The molecule has 2 N–H and O–H groups in total. The number of esters is 1. The van der Waals surface area contributed by atoms with E-state index in [9.17, 15) is 4.79 Å². The number of carbonyl (C=O) groups excluding carboxylic acids is 1. The van der Waals surface area contributed by atoms with Crippen molar-refractivity contribution in [2.75, 3.05) is 5.73 Å². The van der Waals surface area contributed by atoms with Crippen molar-refractivity contribution in [1.29, 1.82) is 0 Å². The first-order valence-electron chi connectivity index (χ1n) is 6.00. The molecule has 0 fully saturated rings. The Kier molecular flexibility index (Phi) is 3.55. The predicted octanol–water partition coefficient (Wildman–Crippen LogP) is 1.98. The standard InChI is InChI=1S/C14H17N3O2/c1-9-4-5-11(7-13(9)15)14(18)19-8-12-6-10(2)16-17(12)3/h4-7H,8,15H2,1-3H3. The molecule has 0 aliphatic carbocycles. The lowest BCUT2D eigenvalue weighted by molar-refractivity contribution is 0.0463. The third-order valence-corrected chi connectivity index (χ3v) is 2.96. The molecule has 0 spiro atoms. The van der Waals surface area contributed by atoms with Gasteiger partial charge in [0.2, 0.25) is 0 Å². The molecule has 0 saturated carbocycles. The van der Waals surface area contributed by atoms with E-state index >= 15 is 0 Å². The molecule has 5 heteroatoms. The number of carbonyl (C=O) groups is 1. The summed E-state index contributed by atoms with van der Waals surface area (Å²) >= 11 is 0. The Morgan fingerprint density at radius 2 is 2.11 bits per heavy atom. The van der Waals surface area contributed by atoms with Crippen LogP contribution < -0.4 is 5.73 Å². The molecule has 0 amide bonds. The maximum absolute atomic E-state index is 11.9. The lowest BCUT2D eigenvalue weighted by Gasteiger charge is -2.06. The number of hydrogen-bond acceptors (Lipinski definition) is 4. The summed E-state index contributed by atoms with van der Waals surface area (Å²) < 4.78 is 6.95. The maximum Gasteiger partial charge on any atom is 0.338 e. The fraction of sp³-hybridized carbons (Fsp3) is 0.286. The number of rotatable bonds is 3. The highest BCUT2D eigenvalue weighted by Gasteiger charge is 2.10. The van der Waals surface area contributed by atoms with Gasteiger partial charge in [-0.05, 0) is 37.6 Å². The molecule has 100 valence electrons. The first-order valence-corrected chi connectivity index (χ1v) is 6.00. The van der Waals surface area contributed by atoms with Gasteiger partial charge in [-0.2, -0.15) is 5.10 Å². The minimum absolute atomic E-state index is 0.198. The van der Waals surface area contributed by atoms with Gasteiger partial charge in [-0.1, -0.05) is 6.07 Å². The van der Waals surface area contributed by atoms with Crippen LogP contribution in [-0.4, -0.2) is 15.7 Å². The summed E-state index contributed by atoms with van der Waals surface area (Å²) in [6.45, 7) is 3.98. The molecule has 0 saturated heterocycles. The van der Waals surface area contributed by atoms with E-state index in [0.717, 1.165) is 17.0 Å². The van der Waals surface area contributed by atoms with E-state index in [1.165, 1.54) is 0 Å².